The lowest BCUT2D eigenvalue weighted by atomic mass is 10.2. The quantitative estimate of drug-likeness (QED) is 0.630. The van der Waals surface area contributed by atoms with Crippen LogP contribution in [0, 0.1) is 0 Å². The van der Waals surface area contributed by atoms with Crippen molar-refractivity contribution in [3.05, 3.63) is 62.5 Å². The molecule has 1 N–H and O–H groups in total. The summed E-state index contributed by atoms with van der Waals surface area (Å²) >= 11 is 15.3. The van der Waals surface area contributed by atoms with E-state index < -0.39 is 10.0 Å². The highest BCUT2D eigenvalue weighted by Gasteiger charge is 2.29. The molecule has 0 saturated heterocycles. The van der Waals surface area contributed by atoms with Crippen LogP contribution in [-0.4, -0.2) is 31.2 Å². The fourth-order valence-electron chi connectivity index (χ4n) is 2.48. The topological polar surface area (TPSA) is 66.5 Å². The van der Waals surface area contributed by atoms with Crippen LogP contribution in [0.25, 0.3) is 0 Å². The first-order valence-electron chi connectivity index (χ1n) is 8.25. The number of benzene rings is 2. The largest absolute Gasteiger partial charge is 0.352 e. The predicted octanol–water partition coefficient (Wildman–Crippen LogP) is 4.23. The van der Waals surface area contributed by atoms with Crippen LogP contribution in [0.1, 0.15) is 18.4 Å². The Hall–Kier alpha value is -1.12. The molecule has 0 atom stereocenters. The Kier molecular flexibility index (Phi) is 6.48. The SMILES string of the molecule is O=C(CN(Cc1ccc(Cl)c(Cl)c1)S(=O)(=O)c1ccc(Br)cc1)NC1CC1. The van der Waals surface area contributed by atoms with E-state index in [1.807, 2.05) is 0 Å². The third-order valence-electron chi connectivity index (χ3n) is 4.06. The van der Waals surface area contributed by atoms with Gasteiger partial charge in [0, 0.05) is 17.1 Å². The Morgan fingerprint density at radius 1 is 1.11 bits per heavy atom. The molecule has 1 saturated carbocycles. The number of sulfonamides is 1. The normalized spacial score (nSPS) is 14.4. The highest BCUT2D eigenvalue weighted by atomic mass is 79.9. The summed E-state index contributed by atoms with van der Waals surface area (Å²) in [5.74, 6) is -0.321. The van der Waals surface area contributed by atoms with Crippen molar-refractivity contribution in [2.75, 3.05) is 6.54 Å². The zero-order valence-corrected chi connectivity index (χ0v) is 18.1. The molecule has 0 aliphatic heterocycles. The Bertz CT molecular complexity index is 948. The van der Waals surface area contributed by atoms with Gasteiger partial charge < -0.3 is 5.32 Å². The van der Waals surface area contributed by atoms with Gasteiger partial charge in [-0.05, 0) is 54.8 Å². The molecule has 5 nitrogen and oxygen atoms in total. The van der Waals surface area contributed by atoms with Crippen molar-refractivity contribution in [3.63, 3.8) is 0 Å². The molecule has 0 heterocycles. The molecule has 0 spiro atoms. The fraction of sp³-hybridized carbons (Fsp3) is 0.278. The molecular weight excluding hydrogens is 475 g/mol. The lowest BCUT2D eigenvalue weighted by molar-refractivity contribution is -0.121. The number of rotatable bonds is 7. The molecule has 0 aromatic heterocycles. The smallest absolute Gasteiger partial charge is 0.243 e. The second kappa shape index (κ2) is 8.49. The molecule has 1 aliphatic rings. The average molecular weight is 492 g/mol. The van der Waals surface area contributed by atoms with Crippen LogP contribution in [0.4, 0.5) is 0 Å². The minimum Gasteiger partial charge on any atom is -0.352 e. The van der Waals surface area contributed by atoms with Crippen LogP contribution in [0.15, 0.2) is 51.8 Å². The van der Waals surface area contributed by atoms with Crippen LogP contribution < -0.4 is 5.32 Å². The van der Waals surface area contributed by atoms with E-state index in [2.05, 4.69) is 21.2 Å². The molecule has 2 aromatic rings. The van der Waals surface area contributed by atoms with Gasteiger partial charge in [0.2, 0.25) is 15.9 Å². The third kappa shape index (κ3) is 5.45. The summed E-state index contributed by atoms with van der Waals surface area (Å²) in [4.78, 5) is 12.4. The van der Waals surface area contributed by atoms with Gasteiger partial charge in [-0.3, -0.25) is 4.79 Å². The molecule has 1 fully saturated rings. The first-order chi connectivity index (χ1) is 12.8. The van der Waals surface area contributed by atoms with Crippen molar-refractivity contribution < 1.29 is 13.2 Å². The molecule has 3 rings (SSSR count). The number of nitrogens with zero attached hydrogens (tertiary/aromatic N) is 1. The van der Waals surface area contributed by atoms with Gasteiger partial charge in [-0.15, -0.1) is 0 Å². The zero-order valence-electron chi connectivity index (χ0n) is 14.2. The van der Waals surface area contributed by atoms with Crippen LogP contribution >= 0.6 is 39.1 Å². The predicted molar refractivity (Wildman–Crippen MR) is 109 cm³/mol. The highest BCUT2D eigenvalue weighted by molar-refractivity contribution is 9.10. The Morgan fingerprint density at radius 3 is 2.37 bits per heavy atom. The first kappa shape index (κ1) is 20.6. The summed E-state index contributed by atoms with van der Waals surface area (Å²) in [5.41, 5.74) is 0.643. The second-order valence-electron chi connectivity index (χ2n) is 6.32. The fourth-order valence-corrected chi connectivity index (χ4v) is 4.45. The van der Waals surface area contributed by atoms with E-state index in [-0.39, 0.29) is 29.9 Å². The second-order valence-corrected chi connectivity index (χ2v) is 9.99. The summed E-state index contributed by atoms with van der Waals surface area (Å²) in [5, 5.41) is 3.54. The number of carbonyl (C=O) groups excluding carboxylic acids is 1. The third-order valence-corrected chi connectivity index (χ3v) is 7.13. The van der Waals surface area contributed by atoms with Crippen molar-refractivity contribution >= 4 is 55.1 Å². The van der Waals surface area contributed by atoms with Gasteiger partial charge >= 0.3 is 0 Å². The number of hydrogen-bond donors (Lipinski definition) is 1. The molecule has 144 valence electrons. The Balaban J connectivity index is 1.88. The molecule has 2 aromatic carbocycles. The summed E-state index contributed by atoms with van der Waals surface area (Å²) in [6.07, 6.45) is 1.86. The zero-order chi connectivity index (χ0) is 19.6. The van der Waals surface area contributed by atoms with E-state index in [0.717, 1.165) is 21.6 Å². The summed E-state index contributed by atoms with van der Waals surface area (Å²) < 4.78 is 28.1. The van der Waals surface area contributed by atoms with E-state index in [1.165, 1.54) is 12.1 Å². The average Bonchev–Trinajstić information content (AvgIpc) is 3.42. The van der Waals surface area contributed by atoms with E-state index >= 15 is 0 Å². The van der Waals surface area contributed by atoms with E-state index in [0.29, 0.717) is 15.6 Å². The molecule has 27 heavy (non-hydrogen) atoms. The van der Waals surface area contributed by atoms with Gasteiger partial charge in [-0.1, -0.05) is 45.2 Å². The molecule has 1 aliphatic carbocycles. The molecule has 9 heteroatoms. The Morgan fingerprint density at radius 2 is 1.78 bits per heavy atom. The van der Waals surface area contributed by atoms with Gasteiger partial charge in [0.05, 0.1) is 21.5 Å². The van der Waals surface area contributed by atoms with E-state index in [1.54, 1.807) is 30.3 Å². The first-order valence-corrected chi connectivity index (χ1v) is 11.2. The number of carbonyl (C=O) groups is 1. The minimum atomic E-state index is -3.87. The summed E-state index contributed by atoms with van der Waals surface area (Å²) in [7, 11) is -3.87. The highest BCUT2D eigenvalue weighted by Crippen LogP contribution is 2.26. The summed E-state index contributed by atoms with van der Waals surface area (Å²) in [6.45, 7) is -0.261. The van der Waals surface area contributed by atoms with Crippen LogP contribution in [0.5, 0.6) is 0 Å². The number of nitrogens with one attached hydrogen (secondary N) is 1. The number of amides is 1. The summed E-state index contributed by atoms with van der Waals surface area (Å²) in [6, 6.07) is 11.3. The maximum absolute atomic E-state index is 13.1. The van der Waals surface area contributed by atoms with E-state index in [9.17, 15) is 13.2 Å². The van der Waals surface area contributed by atoms with Crippen LogP contribution in [0.3, 0.4) is 0 Å². The van der Waals surface area contributed by atoms with Gasteiger partial charge in [0.25, 0.3) is 0 Å². The lowest BCUT2D eigenvalue weighted by Gasteiger charge is -2.22. The van der Waals surface area contributed by atoms with Crippen LogP contribution in [-0.2, 0) is 21.4 Å². The van der Waals surface area contributed by atoms with Crippen molar-refractivity contribution in [1.29, 1.82) is 0 Å². The minimum absolute atomic E-state index is 0.00731. The lowest BCUT2D eigenvalue weighted by Crippen LogP contribution is -2.41. The van der Waals surface area contributed by atoms with Crippen molar-refractivity contribution in [3.8, 4) is 0 Å². The van der Waals surface area contributed by atoms with Crippen molar-refractivity contribution in [2.45, 2.75) is 30.3 Å². The molecule has 0 unspecified atom stereocenters. The van der Waals surface area contributed by atoms with Crippen LogP contribution in [0.2, 0.25) is 10.0 Å². The molecule has 1 amide bonds. The molecule has 0 radical (unpaired) electrons. The maximum atomic E-state index is 13.1. The standard InChI is InChI=1S/C18H17BrCl2N2O3S/c19-13-2-6-15(7-3-13)27(25,26)23(11-18(24)22-14-4-5-14)10-12-1-8-16(20)17(21)9-12/h1-3,6-9,14H,4-5,10-11H2,(H,22,24). The Labute approximate surface area is 176 Å². The van der Waals surface area contributed by atoms with Gasteiger partial charge in [0.1, 0.15) is 0 Å². The molecular formula is C18H17BrCl2N2O3S. The maximum Gasteiger partial charge on any atom is 0.243 e. The van der Waals surface area contributed by atoms with Crippen molar-refractivity contribution in [2.24, 2.45) is 0 Å². The number of halogens is 3. The van der Waals surface area contributed by atoms with Gasteiger partial charge in [-0.25, -0.2) is 8.42 Å². The molecule has 0 bridgehead atoms. The van der Waals surface area contributed by atoms with Gasteiger partial charge in [-0.2, -0.15) is 4.31 Å². The van der Waals surface area contributed by atoms with E-state index in [4.69, 9.17) is 23.2 Å². The monoisotopic (exact) mass is 490 g/mol. The number of hydrogen-bond acceptors (Lipinski definition) is 3. The van der Waals surface area contributed by atoms with Crippen molar-refractivity contribution in [1.82, 2.24) is 9.62 Å². The van der Waals surface area contributed by atoms with Gasteiger partial charge in [0.15, 0.2) is 0 Å².